The standard InChI is InChI=1S/C37H21NO2/c1-2-10-24(11-3-1)30-20-25(18-19-38-30)33-34-28-16-14-22-8-4-6-12-26(22)36(28)39-31(34)21-32-35(33)29-17-15-23-9-5-7-13-27(23)37(29)40-32/h1-21H. The van der Waals surface area contributed by atoms with Crippen LogP contribution in [0.3, 0.4) is 0 Å². The summed E-state index contributed by atoms with van der Waals surface area (Å²) in [6, 6.07) is 42.2. The highest BCUT2D eigenvalue weighted by atomic mass is 16.3. The summed E-state index contributed by atoms with van der Waals surface area (Å²) in [6.07, 6.45) is 1.90. The van der Waals surface area contributed by atoms with Crippen molar-refractivity contribution in [2.24, 2.45) is 0 Å². The van der Waals surface area contributed by atoms with E-state index in [4.69, 9.17) is 13.8 Å². The second-order valence-corrected chi connectivity index (χ2v) is 10.3. The van der Waals surface area contributed by atoms with E-state index in [1.807, 2.05) is 24.4 Å². The molecule has 0 aliphatic rings. The Bertz CT molecular complexity index is 2300. The van der Waals surface area contributed by atoms with Crippen molar-refractivity contribution >= 4 is 65.4 Å². The van der Waals surface area contributed by atoms with Gasteiger partial charge in [0, 0.05) is 55.7 Å². The van der Waals surface area contributed by atoms with E-state index >= 15 is 0 Å². The fraction of sp³-hybridized carbons (Fsp3) is 0. The second-order valence-electron chi connectivity index (χ2n) is 10.3. The molecule has 0 unspecified atom stereocenters. The van der Waals surface area contributed by atoms with E-state index in [0.717, 1.165) is 87.8 Å². The summed E-state index contributed by atoms with van der Waals surface area (Å²) >= 11 is 0. The van der Waals surface area contributed by atoms with Gasteiger partial charge in [-0.2, -0.15) is 0 Å². The maximum absolute atomic E-state index is 6.66. The maximum atomic E-state index is 6.66. The van der Waals surface area contributed by atoms with E-state index in [9.17, 15) is 0 Å². The quantitative estimate of drug-likeness (QED) is 0.232. The van der Waals surface area contributed by atoms with Gasteiger partial charge < -0.3 is 8.83 Å². The monoisotopic (exact) mass is 511 g/mol. The summed E-state index contributed by atoms with van der Waals surface area (Å²) in [5.41, 5.74) is 7.62. The second kappa shape index (κ2) is 8.05. The third kappa shape index (κ3) is 2.97. The largest absolute Gasteiger partial charge is 0.455 e. The minimum absolute atomic E-state index is 0.815. The summed E-state index contributed by atoms with van der Waals surface area (Å²) in [5.74, 6) is 0. The molecule has 3 aromatic heterocycles. The third-order valence-electron chi connectivity index (χ3n) is 8.10. The van der Waals surface area contributed by atoms with Gasteiger partial charge in [-0.05, 0) is 40.6 Å². The van der Waals surface area contributed by atoms with Crippen LogP contribution in [0, 0.1) is 0 Å². The summed E-state index contributed by atoms with van der Waals surface area (Å²) in [4.78, 5) is 4.73. The molecule has 3 heterocycles. The molecule has 3 heteroatoms. The lowest BCUT2D eigenvalue weighted by molar-refractivity contribution is 0.660. The van der Waals surface area contributed by atoms with Crippen molar-refractivity contribution in [3.05, 3.63) is 128 Å². The molecule has 3 nitrogen and oxygen atoms in total. The van der Waals surface area contributed by atoms with Crippen LogP contribution in [-0.4, -0.2) is 4.98 Å². The molecule has 0 saturated carbocycles. The molecule has 40 heavy (non-hydrogen) atoms. The van der Waals surface area contributed by atoms with E-state index in [1.54, 1.807) is 0 Å². The number of hydrogen-bond donors (Lipinski definition) is 0. The minimum Gasteiger partial charge on any atom is -0.455 e. The lowest BCUT2D eigenvalue weighted by Crippen LogP contribution is -1.87. The summed E-state index contributed by atoms with van der Waals surface area (Å²) in [6.45, 7) is 0. The summed E-state index contributed by atoms with van der Waals surface area (Å²) in [7, 11) is 0. The Morgan fingerprint density at radius 3 is 1.65 bits per heavy atom. The fourth-order valence-electron chi connectivity index (χ4n) is 6.29. The molecule has 0 saturated heterocycles. The smallest absolute Gasteiger partial charge is 0.143 e. The zero-order valence-electron chi connectivity index (χ0n) is 21.4. The molecule has 0 aliphatic heterocycles. The van der Waals surface area contributed by atoms with Crippen molar-refractivity contribution in [3.8, 4) is 22.4 Å². The highest BCUT2D eigenvalue weighted by molar-refractivity contribution is 6.29. The predicted molar refractivity (Wildman–Crippen MR) is 165 cm³/mol. The van der Waals surface area contributed by atoms with Gasteiger partial charge in [0.05, 0.1) is 5.69 Å². The Kier molecular flexibility index (Phi) is 4.33. The van der Waals surface area contributed by atoms with Gasteiger partial charge >= 0.3 is 0 Å². The Morgan fingerprint density at radius 2 is 1.02 bits per heavy atom. The van der Waals surface area contributed by atoms with Gasteiger partial charge in [0.1, 0.15) is 22.3 Å². The van der Waals surface area contributed by atoms with Crippen LogP contribution < -0.4 is 0 Å². The molecule has 0 radical (unpaired) electrons. The third-order valence-corrected chi connectivity index (χ3v) is 8.10. The molecule has 0 fully saturated rings. The van der Waals surface area contributed by atoms with Crippen LogP contribution in [0.1, 0.15) is 0 Å². The molecule has 186 valence electrons. The maximum Gasteiger partial charge on any atom is 0.143 e. The van der Waals surface area contributed by atoms with Crippen LogP contribution >= 0.6 is 0 Å². The van der Waals surface area contributed by atoms with Gasteiger partial charge in [-0.15, -0.1) is 0 Å². The lowest BCUT2D eigenvalue weighted by Gasteiger charge is -2.09. The average molecular weight is 512 g/mol. The number of aromatic nitrogens is 1. The van der Waals surface area contributed by atoms with E-state index in [0.29, 0.717) is 0 Å². The van der Waals surface area contributed by atoms with E-state index in [1.165, 1.54) is 0 Å². The first-order valence-electron chi connectivity index (χ1n) is 13.5. The molecular weight excluding hydrogens is 490 g/mol. The van der Waals surface area contributed by atoms with Crippen molar-refractivity contribution in [3.63, 3.8) is 0 Å². The molecule has 0 spiro atoms. The number of benzene rings is 6. The van der Waals surface area contributed by atoms with Gasteiger partial charge in [-0.25, -0.2) is 0 Å². The average Bonchev–Trinajstić information content (AvgIpc) is 3.59. The molecule has 0 atom stereocenters. The van der Waals surface area contributed by atoms with Crippen molar-refractivity contribution in [1.29, 1.82) is 0 Å². The van der Waals surface area contributed by atoms with E-state index in [-0.39, 0.29) is 0 Å². The van der Waals surface area contributed by atoms with Crippen molar-refractivity contribution in [2.45, 2.75) is 0 Å². The van der Waals surface area contributed by atoms with E-state index in [2.05, 4.69) is 103 Å². The first-order chi connectivity index (χ1) is 19.8. The van der Waals surface area contributed by atoms with Crippen molar-refractivity contribution in [2.75, 3.05) is 0 Å². The van der Waals surface area contributed by atoms with Gasteiger partial charge in [0.25, 0.3) is 0 Å². The summed E-state index contributed by atoms with van der Waals surface area (Å²) < 4.78 is 13.3. The predicted octanol–water partition coefficient (Wildman–Crippen LogP) is 10.5. The van der Waals surface area contributed by atoms with Crippen LogP contribution in [-0.2, 0) is 0 Å². The SMILES string of the molecule is c1ccc(-c2cc(-c3c4c(cc5oc6c7ccccc7ccc6c35)oc3c5ccccc5ccc34)ccn2)cc1. The fourth-order valence-corrected chi connectivity index (χ4v) is 6.29. The van der Waals surface area contributed by atoms with Crippen molar-refractivity contribution < 1.29 is 8.83 Å². The van der Waals surface area contributed by atoms with E-state index < -0.39 is 0 Å². The summed E-state index contributed by atoms with van der Waals surface area (Å²) in [5, 5.41) is 8.91. The molecule has 0 N–H and O–H groups in total. The normalized spacial score (nSPS) is 12.0. The van der Waals surface area contributed by atoms with Crippen LogP contribution in [0.5, 0.6) is 0 Å². The van der Waals surface area contributed by atoms with Gasteiger partial charge in [0.2, 0.25) is 0 Å². The Morgan fingerprint density at radius 1 is 0.450 bits per heavy atom. The molecule has 0 bridgehead atoms. The number of furan rings is 2. The Labute approximate surface area is 228 Å². The topological polar surface area (TPSA) is 39.2 Å². The number of pyridine rings is 1. The zero-order valence-corrected chi connectivity index (χ0v) is 21.4. The molecule has 9 rings (SSSR count). The van der Waals surface area contributed by atoms with Crippen molar-refractivity contribution in [1.82, 2.24) is 4.98 Å². The van der Waals surface area contributed by atoms with Crippen LogP contribution in [0.2, 0.25) is 0 Å². The van der Waals surface area contributed by atoms with Crippen LogP contribution in [0.15, 0.2) is 136 Å². The molecule has 9 aromatic rings. The number of fused-ring (bicyclic) bond motifs is 10. The molecule has 6 aromatic carbocycles. The molecular formula is C37H21NO2. The highest BCUT2D eigenvalue weighted by Crippen LogP contribution is 2.47. The number of nitrogens with zero attached hydrogens (tertiary/aromatic N) is 1. The first-order valence-corrected chi connectivity index (χ1v) is 13.5. The Balaban J connectivity index is 1.48. The highest BCUT2D eigenvalue weighted by Gasteiger charge is 2.23. The van der Waals surface area contributed by atoms with Gasteiger partial charge in [-0.1, -0.05) is 91.0 Å². The Hall–Kier alpha value is -5.41. The lowest BCUT2D eigenvalue weighted by atomic mass is 9.93. The molecule has 0 amide bonds. The van der Waals surface area contributed by atoms with Crippen LogP contribution in [0.4, 0.5) is 0 Å². The minimum atomic E-state index is 0.815. The van der Waals surface area contributed by atoms with Crippen LogP contribution in [0.25, 0.3) is 87.8 Å². The van der Waals surface area contributed by atoms with Gasteiger partial charge in [-0.3, -0.25) is 4.98 Å². The number of hydrogen-bond acceptors (Lipinski definition) is 3. The molecule has 0 aliphatic carbocycles. The van der Waals surface area contributed by atoms with Gasteiger partial charge in [0.15, 0.2) is 0 Å². The first kappa shape index (κ1) is 21.5. The zero-order chi connectivity index (χ0) is 26.2. The number of rotatable bonds is 2.